The minimum Gasteiger partial charge on any atom is -0.301 e. The SMILES string of the molecule is Cc1cccc(-n2nnnc2C2(NCc3ccccc3)CCCCC2)c1. The summed E-state index contributed by atoms with van der Waals surface area (Å²) in [5.41, 5.74) is 3.34. The van der Waals surface area contributed by atoms with Gasteiger partial charge in [-0.3, -0.25) is 0 Å². The third-order valence-electron chi connectivity index (χ3n) is 5.32. The third-order valence-corrected chi connectivity index (χ3v) is 5.32. The van der Waals surface area contributed by atoms with Gasteiger partial charge >= 0.3 is 0 Å². The molecule has 1 aromatic heterocycles. The fourth-order valence-corrected chi connectivity index (χ4v) is 3.92. The fraction of sp³-hybridized carbons (Fsp3) is 0.381. The highest BCUT2D eigenvalue weighted by atomic mass is 15.6. The van der Waals surface area contributed by atoms with Crippen molar-refractivity contribution in [3.05, 3.63) is 71.5 Å². The van der Waals surface area contributed by atoms with Gasteiger partial charge in [-0.05, 0) is 53.5 Å². The Hall–Kier alpha value is -2.53. The van der Waals surface area contributed by atoms with Gasteiger partial charge in [-0.1, -0.05) is 61.7 Å². The summed E-state index contributed by atoms with van der Waals surface area (Å²) in [7, 11) is 0. The maximum absolute atomic E-state index is 4.47. The standard InChI is InChI=1S/C21H25N5/c1-17-9-8-12-19(15-17)26-20(23-24-25-26)21(13-6-3-7-14-21)22-16-18-10-4-2-5-11-18/h2,4-5,8-12,15,22H,3,6-7,13-14,16H2,1H3. The molecular weight excluding hydrogens is 322 g/mol. The Bertz CT molecular complexity index is 850. The zero-order chi connectivity index (χ0) is 17.8. The number of tetrazole rings is 1. The first kappa shape index (κ1) is 16.9. The number of hydrogen-bond donors (Lipinski definition) is 1. The maximum Gasteiger partial charge on any atom is 0.176 e. The van der Waals surface area contributed by atoms with E-state index >= 15 is 0 Å². The Labute approximate surface area is 154 Å². The molecule has 1 aliphatic carbocycles. The van der Waals surface area contributed by atoms with Gasteiger partial charge in [0, 0.05) is 6.54 Å². The lowest BCUT2D eigenvalue weighted by molar-refractivity contribution is 0.214. The lowest BCUT2D eigenvalue weighted by Crippen LogP contribution is -2.45. The number of rotatable bonds is 5. The minimum absolute atomic E-state index is 0.179. The van der Waals surface area contributed by atoms with Gasteiger partial charge in [0.1, 0.15) is 0 Å². The number of nitrogens with zero attached hydrogens (tertiary/aromatic N) is 4. The summed E-state index contributed by atoms with van der Waals surface area (Å²) in [6.07, 6.45) is 5.80. The van der Waals surface area contributed by atoms with Crippen LogP contribution >= 0.6 is 0 Å². The molecular formula is C21H25N5. The van der Waals surface area contributed by atoms with E-state index in [-0.39, 0.29) is 5.54 Å². The van der Waals surface area contributed by atoms with Crippen molar-refractivity contribution < 1.29 is 0 Å². The molecule has 4 rings (SSSR count). The van der Waals surface area contributed by atoms with Crippen LogP contribution in [0.4, 0.5) is 0 Å². The quantitative estimate of drug-likeness (QED) is 0.760. The molecule has 3 aromatic rings. The van der Waals surface area contributed by atoms with Gasteiger partial charge in [0.05, 0.1) is 11.2 Å². The van der Waals surface area contributed by atoms with Crippen LogP contribution < -0.4 is 5.32 Å². The van der Waals surface area contributed by atoms with E-state index in [1.165, 1.54) is 30.4 Å². The topological polar surface area (TPSA) is 55.6 Å². The van der Waals surface area contributed by atoms with Crippen LogP contribution in [0.2, 0.25) is 0 Å². The van der Waals surface area contributed by atoms with Crippen molar-refractivity contribution in [1.82, 2.24) is 25.5 Å². The van der Waals surface area contributed by atoms with Crippen LogP contribution in [0.5, 0.6) is 0 Å². The van der Waals surface area contributed by atoms with E-state index in [1.54, 1.807) is 0 Å². The summed E-state index contributed by atoms with van der Waals surface area (Å²) in [6, 6.07) is 18.9. The molecule has 26 heavy (non-hydrogen) atoms. The molecule has 0 aliphatic heterocycles. The van der Waals surface area contributed by atoms with Crippen LogP contribution in [0.3, 0.4) is 0 Å². The largest absolute Gasteiger partial charge is 0.301 e. The smallest absolute Gasteiger partial charge is 0.176 e. The van der Waals surface area contributed by atoms with E-state index in [2.05, 4.69) is 82.4 Å². The average Bonchev–Trinajstić information content (AvgIpc) is 3.19. The fourth-order valence-electron chi connectivity index (χ4n) is 3.92. The molecule has 1 fully saturated rings. The van der Waals surface area contributed by atoms with Crippen molar-refractivity contribution in [3.63, 3.8) is 0 Å². The highest BCUT2D eigenvalue weighted by Crippen LogP contribution is 2.37. The van der Waals surface area contributed by atoms with Crippen molar-refractivity contribution in [3.8, 4) is 5.69 Å². The predicted octanol–water partition coefficient (Wildman–Crippen LogP) is 3.92. The highest BCUT2D eigenvalue weighted by Gasteiger charge is 2.38. The van der Waals surface area contributed by atoms with Crippen molar-refractivity contribution in [2.24, 2.45) is 0 Å². The highest BCUT2D eigenvalue weighted by molar-refractivity contribution is 5.36. The molecule has 5 nitrogen and oxygen atoms in total. The van der Waals surface area contributed by atoms with Gasteiger partial charge in [0.2, 0.25) is 0 Å². The maximum atomic E-state index is 4.47. The first-order chi connectivity index (χ1) is 12.8. The molecule has 0 atom stereocenters. The number of nitrogens with one attached hydrogen (secondary N) is 1. The van der Waals surface area contributed by atoms with Crippen molar-refractivity contribution >= 4 is 0 Å². The second-order valence-electron chi connectivity index (χ2n) is 7.24. The second kappa shape index (κ2) is 7.38. The van der Waals surface area contributed by atoms with Crippen molar-refractivity contribution in [2.45, 2.75) is 51.1 Å². The van der Waals surface area contributed by atoms with Crippen LogP contribution in [0.25, 0.3) is 5.69 Å². The van der Waals surface area contributed by atoms with E-state index in [9.17, 15) is 0 Å². The van der Waals surface area contributed by atoms with Gasteiger partial charge in [-0.2, -0.15) is 4.68 Å². The number of benzene rings is 2. The summed E-state index contributed by atoms with van der Waals surface area (Å²) in [5.74, 6) is 0.929. The number of hydrogen-bond acceptors (Lipinski definition) is 4. The van der Waals surface area contributed by atoms with E-state index in [0.29, 0.717) is 0 Å². The summed E-state index contributed by atoms with van der Waals surface area (Å²) in [6.45, 7) is 2.92. The summed E-state index contributed by atoms with van der Waals surface area (Å²) in [4.78, 5) is 0. The molecule has 0 bridgehead atoms. The summed E-state index contributed by atoms with van der Waals surface area (Å²) < 4.78 is 1.91. The van der Waals surface area contributed by atoms with Crippen molar-refractivity contribution in [2.75, 3.05) is 0 Å². The molecule has 0 amide bonds. The molecule has 1 N–H and O–H groups in total. The Balaban J connectivity index is 1.68. The Kier molecular flexibility index (Phi) is 4.80. The monoisotopic (exact) mass is 347 g/mol. The molecule has 1 heterocycles. The first-order valence-electron chi connectivity index (χ1n) is 9.42. The van der Waals surface area contributed by atoms with Crippen LogP contribution in [-0.2, 0) is 12.1 Å². The Morgan fingerprint density at radius 2 is 1.81 bits per heavy atom. The van der Waals surface area contributed by atoms with Crippen LogP contribution in [0, 0.1) is 6.92 Å². The molecule has 0 saturated heterocycles. The van der Waals surface area contributed by atoms with E-state index in [0.717, 1.165) is 30.9 Å². The van der Waals surface area contributed by atoms with E-state index in [1.807, 2.05) is 4.68 Å². The normalized spacial score (nSPS) is 16.5. The van der Waals surface area contributed by atoms with E-state index < -0.39 is 0 Å². The van der Waals surface area contributed by atoms with Gasteiger partial charge in [0.25, 0.3) is 0 Å². The Morgan fingerprint density at radius 3 is 2.58 bits per heavy atom. The lowest BCUT2D eigenvalue weighted by Gasteiger charge is -2.37. The van der Waals surface area contributed by atoms with Crippen LogP contribution in [-0.4, -0.2) is 20.2 Å². The van der Waals surface area contributed by atoms with Gasteiger partial charge in [0.15, 0.2) is 5.82 Å². The molecule has 1 aliphatic rings. The number of aryl methyl sites for hydroxylation is 1. The zero-order valence-corrected chi connectivity index (χ0v) is 15.2. The first-order valence-corrected chi connectivity index (χ1v) is 9.42. The summed E-state index contributed by atoms with van der Waals surface area (Å²) >= 11 is 0. The average molecular weight is 347 g/mol. The molecule has 0 unspecified atom stereocenters. The lowest BCUT2D eigenvalue weighted by atomic mass is 9.80. The summed E-state index contributed by atoms with van der Waals surface area (Å²) in [5, 5.41) is 16.6. The van der Waals surface area contributed by atoms with Gasteiger partial charge < -0.3 is 5.32 Å². The molecule has 134 valence electrons. The number of aromatic nitrogens is 4. The van der Waals surface area contributed by atoms with Crippen molar-refractivity contribution in [1.29, 1.82) is 0 Å². The Morgan fingerprint density at radius 1 is 1.00 bits per heavy atom. The van der Waals surface area contributed by atoms with Gasteiger partial charge in [-0.25, -0.2) is 0 Å². The third kappa shape index (κ3) is 3.40. The molecule has 5 heteroatoms. The molecule has 2 aromatic carbocycles. The van der Waals surface area contributed by atoms with E-state index in [4.69, 9.17) is 0 Å². The van der Waals surface area contributed by atoms with Crippen LogP contribution in [0.1, 0.15) is 49.1 Å². The van der Waals surface area contributed by atoms with Gasteiger partial charge in [-0.15, -0.1) is 5.10 Å². The van der Waals surface area contributed by atoms with Crippen LogP contribution in [0.15, 0.2) is 54.6 Å². The molecule has 0 spiro atoms. The minimum atomic E-state index is -0.179. The molecule has 0 radical (unpaired) electrons. The zero-order valence-electron chi connectivity index (χ0n) is 15.2. The molecule has 1 saturated carbocycles. The second-order valence-corrected chi connectivity index (χ2v) is 7.24. The predicted molar refractivity (Wildman–Crippen MR) is 102 cm³/mol.